The number of allylic oxidation sites excluding steroid dienone is 3. The lowest BCUT2D eigenvalue weighted by molar-refractivity contribution is -0.111. The number of carbonyl (C=O) groups is 2. The minimum absolute atomic E-state index is 0.278. The van der Waals surface area contributed by atoms with Crippen molar-refractivity contribution in [3.05, 3.63) is 103 Å². The summed E-state index contributed by atoms with van der Waals surface area (Å²) in [6.07, 6.45) is 9.18. The fourth-order valence-electron chi connectivity index (χ4n) is 3.11. The molecule has 0 radical (unpaired) electrons. The molecule has 35 heavy (non-hydrogen) atoms. The molecular formula is C27H28N6O2. The Morgan fingerprint density at radius 3 is 2.49 bits per heavy atom. The minimum Gasteiger partial charge on any atom is -0.404 e. The summed E-state index contributed by atoms with van der Waals surface area (Å²) in [5, 5.41) is 8.75. The Morgan fingerprint density at radius 2 is 1.80 bits per heavy atom. The predicted octanol–water partition coefficient (Wildman–Crippen LogP) is 5.17. The third kappa shape index (κ3) is 6.88. The molecule has 0 bridgehead atoms. The van der Waals surface area contributed by atoms with Gasteiger partial charge >= 0.3 is 0 Å². The normalized spacial score (nSPS) is 11.2. The van der Waals surface area contributed by atoms with Gasteiger partial charge in [0.2, 0.25) is 11.9 Å². The first-order valence-corrected chi connectivity index (χ1v) is 11.1. The number of rotatable bonds is 9. The number of amides is 2. The molecule has 0 aliphatic rings. The molecule has 1 aromatic heterocycles. The lowest BCUT2D eigenvalue weighted by Gasteiger charge is -2.12. The highest BCUT2D eigenvalue weighted by molar-refractivity contribution is 6.05. The molecule has 0 spiro atoms. The van der Waals surface area contributed by atoms with E-state index in [1.54, 1.807) is 36.5 Å². The van der Waals surface area contributed by atoms with E-state index >= 15 is 0 Å². The van der Waals surface area contributed by atoms with Crippen LogP contribution in [-0.4, -0.2) is 21.8 Å². The van der Waals surface area contributed by atoms with Gasteiger partial charge in [-0.05, 0) is 67.4 Å². The number of aromatic nitrogens is 2. The number of nitrogens with one attached hydrogen (secondary N) is 3. The Hall–Kier alpha value is -4.72. The van der Waals surface area contributed by atoms with Gasteiger partial charge in [0, 0.05) is 40.6 Å². The number of nitrogens with two attached hydrogens (primary N) is 1. The van der Waals surface area contributed by atoms with Gasteiger partial charge in [-0.2, -0.15) is 0 Å². The molecular weight excluding hydrogens is 440 g/mol. The van der Waals surface area contributed by atoms with Crippen molar-refractivity contribution in [2.75, 3.05) is 16.0 Å². The molecule has 0 saturated carbocycles. The highest BCUT2D eigenvalue weighted by Crippen LogP contribution is 2.24. The average molecular weight is 469 g/mol. The van der Waals surface area contributed by atoms with Gasteiger partial charge in [-0.25, -0.2) is 9.97 Å². The van der Waals surface area contributed by atoms with Crippen molar-refractivity contribution in [3.8, 4) is 0 Å². The van der Waals surface area contributed by atoms with Crippen molar-refractivity contribution in [3.63, 3.8) is 0 Å². The van der Waals surface area contributed by atoms with E-state index in [2.05, 4.69) is 32.5 Å². The van der Waals surface area contributed by atoms with Crippen LogP contribution in [0, 0.1) is 6.92 Å². The number of anilines is 4. The third-order valence-corrected chi connectivity index (χ3v) is 5.01. The zero-order valence-electron chi connectivity index (χ0n) is 19.7. The molecule has 0 fully saturated rings. The van der Waals surface area contributed by atoms with Crippen LogP contribution in [0.4, 0.5) is 23.0 Å². The molecule has 0 unspecified atom stereocenters. The molecule has 5 N–H and O–H groups in total. The number of hydrogen-bond donors (Lipinski definition) is 4. The summed E-state index contributed by atoms with van der Waals surface area (Å²) in [7, 11) is 0. The van der Waals surface area contributed by atoms with Crippen LogP contribution in [-0.2, 0) is 4.79 Å². The molecule has 0 saturated heterocycles. The minimum atomic E-state index is -0.316. The average Bonchev–Trinajstić information content (AvgIpc) is 2.87. The van der Waals surface area contributed by atoms with Crippen LogP contribution < -0.4 is 21.7 Å². The van der Waals surface area contributed by atoms with Gasteiger partial charge in [-0.3, -0.25) is 9.59 Å². The Kier molecular flexibility index (Phi) is 8.50. The summed E-state index contributed by atoms with van der Waals surface area (Å²) in [5.74, 6) is -0.181. The van der Waals surface area contributed by atoms with Crippen molar-refractivity contribution in [2.45, 2.75) is 20.3 Å². The van der Waals surface area contributed by atoms with Crippen LogP contribution >= 0.6 is 0 Å². The van der Waals surface area contributed by atoms with Crippen LogP contribution in [0.1, 0.15) is 35.0 Å². The molecule has 8 nitrogen and oxygen atoms in total. The number of benzene rings is 2. The Bertz CT molecular complexity index is 1280. The molecule has 2 amide bonds. The van der Waals surface area contributed by atoms with Crippen molar-refractivity contribution in [1.29, 1.82) is 0 Å². The van der Waals surface area contributed by atoms with E-state index in [0.29, 0.717) is 28.6 Å². The van der Waals surface area contributed by atoms with Gasteiger partial charge in [-0.15, -0.1) is 0 Å². The Labute approximate surface area is 204 Å². The van der Waals surface area contributed by atoms with Crippen LogP contribution in [0.15, 0.2) is 85.7 Å². The fourth-order valence-corrected chi connectivity index (χ4v) is 3.11. The summed E-state index contributed by atoms with van der Waals surface area (Å²) in [5.41, 5.74) is 10.6. The van der Waals surface area contributed by atoms with E-state index in [1.165, 1.54) is 12.3 Å². The van der Waals surface area contributed by atoms with E-state index in [9.17, 15) is 9.59 Å². The van der Waals surface area contributed by atoms with Crippen LogP contribution in [0.2, 0.25) is 0 Å². The molecule has 0 atom stereocenters. The molecule has 8 heteroatoms. The maximum Gasteiger partial charge on any atom is 0.255 e. The highest BCUT2D eigenvalue weighted by atomic mass is 16.2. The van der Waals surface area contributed by atoms with E-state index in [-0.39, 0.29) is 11.8 Å². The molecule has 0 aliphatic carbocycles. The number of nitrogens with zero attached hydrogens (tertiary/aromatic N) is 2. The highest BCUT2D eigenvalue weighted by Gasteiger charge is 2.10. The topological polar surface area (TPSA) is 122 Å². The first-order chi connectivity index (χ1) is 16.9. The first kappa shape index (κ1) is 24.9. The maximum atomic E-state index is 12.7. The summed E-state index contributed by atoms with van der Waals surface area (Å²) < 4.78 is 0. The largest absolute Gasteiger partial charge is 0.404 e. The first-order valence-electron chi connectivity index (χ1n) is 11.1. The Balaban J connectivity index is 1.74. The molecule has 178 valence electrons. The van der Waals surface area contributed by atoms with Gasteiger partial charge in [0.25, 0.3) is 5.91 Å². The van der Waals surface area contributed by atoms with Crippen LogP contribution in [0.25, 0.3) is 5.57 Å². The van der Waals surface area contributed by atoms with E-state index in [1.807, 2.05) is 44.2 Å². The smallest absolute Gasteiger partial charge is 0.255 e. The lowest BCUT2D eigenvalue weighted by Crippen LogP contribution is -2.13. The number of aryl methyl sites for hydroxylation is 1. The SMILES string of the molecule is C=CC(=O)Nc1ccc(C(=O)Nc2ccc(C)c(Nc3nccc(C(/C=C\CC)=C/N)n3)c2)cc1. The van der Waals surface area contributed by atoms with Crippen molar-refractivity contribution in [1.82, 2.24) is 9.97 Å². The summed E-state index contributed by atoms with van der Waals surface area (Å²) in [4.78, 5) is 33.0. The summed E-state index contributed by atoms with van der Waals surface area (Å²) in [6.45, 7) is 7.41. The van der Waals surface area contributed by atoms with Crippen LogP contribution in [0.5, 0.6) is 0 Å². The van der Waals surface area contributed by atoms with Crippen LogP contribution in [0.3, 0.4) is 0 Å². The van der Waals surface area contributed by atoms with E-state index in [0.717, 1.165) is 23.2 Å². The maximum absolute atomic E-state index is 12.7. The zero-order chi connectivity index (χ0) is 25.2. The third-order valence-electron chi connectivity index (χ3n) is 5.01. The zero-order valence-corrected chi connectivity index (χ0v) is 19.7. The molecule has 1 heterocycles. The molecule has 3 rings (SSSR count). The second kappa shape index (κ2) is 11.9. The second-order valence-corrected chi connectivity index (χ2v) is 7.58. The number of hydrogen-bond acceptors (Lipinski definition) is 6. The van der Waals surface area contributed by atoms with Gasteiger partial charge < -0.3 is 21.7 Å². The predicted molar refractivity (Wildman–Crippen MR) is 141 cm³/mol. The molecule has 0 aliphatic heterocycles. The quantitative estimate of drug-likeness (QED) is 0.254. The van der Waals surface area contributed by atoms with Gasteiger partial charge in [0.1, 0.15) is 0 Å². The van der Waals surface area contributed by atoms with Gasteiger partial charge in [0.15, 0.2) is 0 Å². The van der Waals surface area contributed by atoms with E-state index in [4.69, 9.17) is 5.73 Å². The Morgan fingerprint density at radius 1 is 1.06 bits per heavy atom. The summed E-state index contributed by atoms with van der Waals surface area (Å²) >= 11 is 0. The molecule has 3 aromatic rings. The van der Waals surface area contributed by atoms with Crippen molar-refractivity contribution >= 4 is 40.4 Å². The number of carbonyl (C=O) groups excluding carboxylic acids is 2. The standard InChI is InChI=1S/C27H28N6O2/c1-4-6-7-20(17-28)23-14-15-29-27(32-23)33-24-16-22(11-8-18(24)3)31-26(35)19-9-12-21(13-10-19)30-25(34)5-2/h5-17H,2,4,28H2,1,3H3,(H,30,34)(H,31,35)(H,29,32,33)/b7-6-,20-17+. The molecule has 2 aromatic carbocycles. The lowest BCUT2D eigenvalue weighted by atomic mass is 10.1. The van der Waals surface area contributed by atoms with Gasteiger partial charge in [-0.1, -0.05) is 31.7 Å². The monoisotopic (exact) mass is 468 g/mol. The van der Waals surface area contributed by atoms with Gasteiger partial charge in [0.05, 0.1) is 5.69 Å². The van der Waals surface area contributed by atoms with Crippen molar-refractivity contribution < 1.29 is 9.59 Å². The second-order valence-electron chi connectivity index (χ2n) is 7.58. The van der Waals surface area contributed by atoms with E-state index < -0.39 is 0 Å². The summed E-state index contributed by atoms with van der Waals surface area (Å²) in [6, 6.07) is 13.9. The fraction of sp³-hybridized carbons (Fsp3) is 0.111. The van der Waals surface area contributed by atoms with Crippen molar-refractivity contribution in [2.24, 2.45) is 5.73 Å².